The molecule has 2 rings (SSSR count). The Morgan fingerprint density at radius 2 is 1.76 bits per heavy atom. The summed E-state index contributed by atoms with van der Waals surface area (Å²) in [4.78, 5) is 0. The van der Waals surface area contributed by atoms with Gasteiger partial charge in [0.2, 0.25) is 0 Å². The van der Waals surface area contributed by atoms with E-state index in [0.29, 0.717) is 23.7 Å². The third kappa shape index (κ3) is 2.39. The minimum Gasteiger partial charge on any atom is -0.374 e. The van der Waals surface area contributed by atoms with Crippen LogP contribution in [0, 0.1) is 5.41 Å². The SMILES string of the molecule is CCC1(CC)C(NC)CC1OC1CCCCC1. The number of nitrogens with one attached hydrogen (secondary N) is 1. The molecule has 0 heterocycles. The number of hydrogen-bond acceptors (Lipinski definition) is 2. The van der Waals surface area contributed by atoms with Crippen LogP contribution >= 0.6 is 0 Å². The van der Waals surface area contributed by atoms with E-state index < -0.39 is 0 Å². The highest BCUT2D eigenvalue weighted by atomic mass is 16.5. The second-order valence-electron chi connectivity index (χ2n) is 5.90. The molecular weight excluding hydrogens is 210 g/mol. The Labute approximate surface area is 107 Å². The fraction of sp³-hybridized carbons (Fsp3) is 1.00. The van der Waals surface area contributed by atoms with Gasteiger partial charge >= 0.3 is 0 Å². The van der Waals surface area contributed by atoms with Crippen molar-refractivity contribution in [2.45, 2.75) is 83.5 Å². The fourth-order valence-electron chi connectivity index (χ4n) is 3.98. The summed E-state index contributed by atoms with van der Waals surface area (Å²) in [5.74, 6) is 0. The molecule has 2 nitrogen and oxygen atoms in total. The Kier molecular flexibility index (Phi) is 4.48. The molecule has 0 bridgehead atoms. The molecular formula is C15H29NO. The van der Waals surface area contributed by atoms with Gasteiger partial charge in [0, 0.05) is 11.5 Å². The molecule has 1 N–H and O–H groups in total. The van der Waals surface area contributed by atoms with Crippen molar-refractivity contribution in [3.8, 4) is 0 Å². The third-order valence-corrected chi connectivity index (χ3v) is 5.36. The van der Waals surface area contributed by atoms with Crippen LogP contribution in [0.1, 0.15) is 65.2 Å². The molecule has 0 saturated heterocycles. The van der Waals surface area contributed by atoms with E-state index >= 15 is 0 Å². The summed E-state index contributed by atoms with van der Waals surface area (Å²) < 4.78 is 6.42. The molecule has 2 aliphatic carbocycles. The van der Waals surface area contributed by atoms with Crippen LogP contribution in [0.15, 0.2) is 0 Å². The standard InChI is InChI=1S/C15H29NO/c1-4-15(5-2)13(16-3)11-14(15)17-12-9-7-6-8-10-12/h12-14,16H,4-11H2,1-3H3. The zero-order valence-electron chi connectivity index (χ0n) is 11.8. The van der Waals surface area contributed by atoms with Gasteiger partial charge in [-0.05, 0) is 39.2 Å². The number of ether oxygens (including phenoxy) is 1. The van der Waals surface area contributed by atoms with Gasteiger partial charge in [0.25, 0.3) is 0 Å². The monoisotopic (exact) mass is 239 g/mol. The van der Waals surface area contributed by atoms with Gasteiger partial charge in [-0.15, -0.1) is 0 Å². The van der Waals surface area contributed by atoms with E-state index in [2.05, 4.69) is 26.2 Å². The Balaban J connectivity index is 1.92. The Morgan fingerprint density at radius 3 is 2.29 bits per heavy atom. The van der Waals surface area contributed by atoms with Crippen LogP contribution in [-0.2, 0) is 4.74 Å². The van der Waals surface area contributed by atoms with Gasteiger partial charge in [0.1, 0.15) is 0 Å². The summed E-state index contributed by atoms with van der Waals surface area (Å²) in [6.45, 7) is 4.65. The predicted molar refractivity (Wildman–Crippen MR) is 72.2 cm³/mol. The maximum absolute atomic E-state index is 6.42. The van der Waals surface area contributed by atoms with E-state index in [1.807, 2.05) is 0 Å². The molecule has 17 heavy (non-hydrogen) atoms. The van der Waals surface area contributed by atoms with Crippen molar-refractivity contribution in [2.75, 3.05) is 7.05 Å². The van der Waals surface area contributed by atoms with Gasteiger partial charge in [0.15, 0.2) is 0 Å². The molecule has 0 aromatic heterocycles. The van der Waals surface area contributed by atoms with Crippen molar-refractivity contribution in [1.29, 1.82) is 0 Å². The molecule has 2 fully saturated rings. The van der Waals surface area contributed by atoms with E-state index in [1.54, 1.807) is 0 Å². The first-order valence-electron chi connectivity index (χ1n) is 7.59. The molecule has 0 radical (unpaired) electrons. The molecule has 2 unspecified atom stereocenters. The lowest BCUT2D eigenvalue weighted by Crippen LogP contribution is -2.63. The number of hydrogen-bond donors (Lipinski definition) is 1. The lowest BCUT2D eigenvalue weighted by molar-refractivity contribution is -0.171. The molecule has 0 spiro atoms. The second kappa shape index (κ2) is 5.71. The van der Waals surface area contributed by atoms with Gasteiger partial charge in [-0.25, -0.2) is 0 Å². The summed E-state index contributed by atoms with van der Waals surface area (Å²) in [5.41, 5.74) is 0.409. The average molecular weight is 239 g/mol. The fourth-order valence-corrected chi connectivity index (χ4v) is 3.98. The first kappa shape index (κ1) is 13.4. The van der Waals surface area contributed by atoms with Gasteiger partial charge in [0.05, 0.1) is 12.2 Å². The van der Waals surface area contributed by atoms with E-state index in [4.69, 9.17) is 4.74 Å². The lowest BCUT2D eigenvalue weighted by Gasteiger charge is -2.56. The van der Waals surface area contributed by atoms with Gasteiger partial charge in [-0.3, -0.25) is 0 Å². The third-order valence-electron chi connectivity index (χ3n) is 5.36. The van der Waals surface area contributed by atoms with E-state index in [0.717, 1.165) is 0 Å². The first-order chi connectivity index (χ1) is 8.26. The van der Waals surface area contributed by atoms with Gasteiger partial charge in [-0.2, -0.15) is 0 Å². The topological polar surface area (TPSA) is 21.3 Å². The average Bonchev–Trinajstić information content (AvgIpc) is 2.37. The highest BCUT2D eigenvalue weighted by Gasteiger charge is 2.53. The molecule has 100 valence electrons. The van der Waals surface area contributed by atoms with E-state index in [1.165, 1.54) is 51.4 Å². The quantitative estimate of drug-likeness (QED) is 0.793. The van der Waals surface area contributed by atoms with Gasteiger partial charge in [-0.1, -0.05) is 33.1 Å². The van der Waals surface area contributed by atoms with Crippen LogP contribution < -0.4 is 5.32 Å². The van der Waals surface area contributed by atoms with Crippen molar-refractivity contribution in [2.24, 2.45) is 5.41 Å². The second-order valence-corrected chi connectivity index (χ2v) is 5.90. The minimum absolute atomic E-state index is 0.409. The highest BCUT2D eigenvalue weighted by molar-refractivity contribution is 5.06. The van der Waals surface area contributed by atoms with Gasteiger partial charge < -0.3 is 10.1 Å². The van der Waals surface area contributed by atoms with Crippen LogP contribution in [0.3, 0.4) is 0 Å². The molecule has 0 aromatic rings. The number of rotatable bonds is 5. The molecule has 2 saturated carbocycles. The maximum atomic E-state index is 6.42. The summed E-state index contributed by atoms with van der Waals surface area (Å²) >= 11 is 0. The maximum Gasteiger partial charge on any atom is 0.0664 e. The molecule has 0 aliphatic heterocycles. The summed E-state index contributed by atoms with van der Waals surface area (Å²) in [6.07, 6.45) is 11.5. The molecule has 0 amide bonds. The van der Waals surface area contributed by atoms with Crippen molar-refractivity contribution >= 4 is 0 Å². The van der Waals surface area contributed by atoms with Crippen molar-refractivity contribution in [3.63, 3.8) is 0 Å². The smallest absolute Gasteiger partial charge is 0.0664 e. The zero-order chi connectivity index (χ0) is 12.3. The normalized spacial score (nSPS) is 33.4. The highest BCUT2D eigenvalue weighted by Crippen LogP contribution is 2.49. The van der Waals surface area contributed by atoms with Crippen molar-refractivity contribution in [1.82, 2.24) is 5.32 Å². The molecule has 2 atom stereocenters. The lowest BCUT2D eigenvalue weighted by atomic mass is 9.58. The minimum atomic E-state index is 0.409. The summed E-state index contributed by atoms with van der Waals surface area (Å²) in [5, 5.41) is 3.48. The summed E-state index contributed by atoms with van der Waals surface area (Å²) in [6, 6.07) is 0.672. The van der Waals surface area contributed by atoms with Crippen LogP contribution in [0.4, 0.5) is 0 Å². The largest absolute Gasteiger partial charge is 0.374 e. The molecule has 2 heteroatoms. The summed E-state index contributed by atoms with van der Waals surface area (Å²) in [7, 11) is 2.10. The zero-order valence-corrected chi connectivity index (χ0v) is 11.8. The van der Waals surface area contributed by atoms with Crippen LogP contribution in [0.25, 0.3) is 0 Å². The Bertz CT molecular complexity index is 231. The Hall–Kier alpha value is -0.0800. The molecule has 0 aromatic carbocycles. The predicted octanol–water partition coefficient (Wildman–Crippen LogP) is 3.50. The van der Waals surface area contributed by atoms with Crippen LogP contribution in [0.2, 0.25) is 0 Å². The van der Waals surface area contributed by atoms with Crippen LogP contribution in [0.5, 0.6) is 0 Å². The first-order valence-corrected chi connectivity index (χ1v) is 7.59. The van der Waals surface area contributed by atoms with Crippen LogP contribution in [-0.4, -0.2) is 25.3 Å². The van der Waals surface area contributed by atoms with E-state index in [9.17, 15) is 0 Å². The molecule has 2 aliphatic rings. The Morgan fingerprint density at radius 1 is 1.12 bits per heavy atom. The van der Waals surface area contributed by atoms with Crippen molar-refractivity contribution in [3.05, 3.63) is 0 Å². The van der Waals surface area contributed by atoms with Crippen molar-refractivity contribution < 1.29 is 4.74 Å². The van der Waals surface area contributed by atoms with E-state index in [-0.39, 0.29) is 0 Å².